The largest absolute Gasteiger partial charge is 0.489 e. The van der Waals surface area contributed by atoms with E-state index in [4.69, 9.17) is 16.3 Å². The third-order valence-electron chi connectivity index (χ3n) is 3.56. The number of carbonyl (C=O) groups is 1. The van der Waals surface area contributed by atoms with Crippen molar-refractivity contribution in [3.05, 3.63) is 80.5 Å². The number of carbonyl (C=O) groups excluding carboxylic acids is 1. The first-order valence-electron chi connectivity index (χ1n) is 7.85. The van der Waals surface area contributed by atoms with Crippen molar-refractivity contribution in [1.29, 1.82) is 0 Å². The lowest BCUT2D eigenvalue weighted by atomic mass is 10.1. The molecule has 2 aromatic carbocycles. The van der Waals surface area contributed by atoms with E-state index in [1.807, 2.05) is 49.6 Å². The normalized spacial score (nSPS) is 10.5. The predicted molar refractivity (Wildman–Crippen MR) is 104 cm³/mol. The first kappa shape index (κ1) is 17.5. The lowest BCUT2D eigenvalue weighted by molar-refractivity contribution is 0.103. The Balaban J connectivity index is 1.63. The van der Waals surface area contributed by atoms with Crippen LogP contribution in [-0.2, 0) is 6.61 Å². The molecule has 0 spiro atoms. The van der Waals surface area contributed by atoms with E-state index >= 15 is 0 Å². The molecule has 0 aliphatic rings. The van der Waals surface area contributed by atoms with E-state index in [0.29, 0.717) is 22.3 Å². The molecule has 1 amide bonds. The number of thiophene rings is 1. The van der Waals surface area contributed by atoms with Crippen LogP contribution >= 0.6 is 22.9 Å². The fourth-order valence-corrected chi connectivity index (χ4v) is 3.51. The van der Waals surface area contributed by atoms with Gasteiger partial charge in [0, 0.05) is 16.3 Å². The average molecular weight is 372 g/mol. The molecule has 5 heteroatoms. The molecule has 0 radical (unpaired) electrons. The zero-order valence-corrected chi connectivity index (χ0v) is 15.6. The first-order chi connectivity index (χ1) is 12.0. The van der Waals surface area contributed by atoms with Gasteiger partial charge in [0.2, 0.25) is 0 Å². The first-order valence-corrected chi connectivity index (χ1v) is 9.11. The van der Waals surface area contributed by atoms with Gasteiger partial charge in [-0.25, -0.2) is 0 Å². The van der Waals surface area contributed by atoms with Crippen molar-refractivity contribution in [3.8, 4) is 5.75 Å². The van der Waals surface area contributed by atoms with E-state index in [0.717, 1.165) is 22.4 Å². The molecule has 25 heavy (non-hydrogen) atoms. The van der Waals surface area contributed by atoms with Gasteiger partial charge in [-0.05, 0) is 66.8 Å². The highest BCUT2D eigenvalue weighted by molar-refractivity contribution is 7.12. The zero-order valence-electron chi connectivity index (χ0n) is 14.0. The molecule has 3 aromatic rings. The zero-order chi connectivity index (χ0) is 17.8. The molecule has 1 aromatic heterocycles. The molecule has 3 rings (SSSR count). The number of ether oxygens (including phenoxy) is 1. The van der Waals surface area contributed by atoms with Crippen molar-refractivity contribution in [2.75, 3.05) is 5.32 Å². The number of anilines is 1. The summed E-state index contributed by atoms with van der Waals surface area (Å²) < 4.78 is 5.71. The van der Waals surface area contributed by atoms with E-state index < -0.39 is 0 Å². The van der Waals surface area contributed by atoms with Crippen molar-refractivity contribution in [1.82, 2.24) is 0 Å². The molecule has 1 heterocycles. The molecule has 0 saturated heterocycles. The van der Waals surface area contributed by atoms with Crippen LogP contribution < -0.4 is 10.1 Å². The van der Waals surface area contributed by atoms with Crippen molar-refractivity contribution >= 4 is 34.5 Å². The number of halogens is 1. The molecule has 0 unspecified atom stereocenters. The summed E-state index contributed by atoms with van der Waals surface area (Å²) in [6.45, 7) is 4.42. The second-order valence-electron chi connectivity index (χ2n) is 5.90. The van der Waals surface area contributed by atoms with Gasteiger partial charge in [0.05, 0.1) is 4.88 Å². The van der Waals surface area contributed by atoms with Gasteiger partial charge in [-0.2, -0.15) is 0 Å². The number of nitrogens with one attached hydrogen (secondary N) is 1. The number of hydrogen-bond donors (Lipinski definition) is 1. The SMILES string of the molecule is Cc1cc(C)cc(NC(=O)c2cc(COc3cccc(Cl)c3)cs2)c1. The lowest BCUT2D eigenvalue weighted by Crippen LogP contribution is -2.10. The Kier molecular flexibility index (Phi) is 5.41. The summed E-state index contributed by atoms with van der Waals surface area (Å²) in [6.07, 6.45) is 0. The third-order valence-corrected chi connectivity index (χ3v) is 4.77. The van der Waals surface area contributed by atoms with Crippen LogP contribution in [0.25, 0.3) is 0 Å². The third kappa shape index (κ3) is 4.84. The summed E-state index contributed by atoms with van der Waals surface area (Å²) in [5, 5.41) is 5.51. The summed E-state index contributed by atoms with van der Waals surface area (Å²) in [4.78, 5) is 13.1. The average Bonchev–Trinajstić information content (AvgIpc) is 3.01. The molecular weight excluding hydrogens is 354 g/mol. The van der Waals surface area contributed by atoms with Crippen LogP contribution in [0.1, 0.15) is 26.4 Å². The molecule has 0 saturated carbocycles. The molecule has 3 nitrogen and oxygen atoms in total. The minimum atomic E-state index is -0.107. The van der Waals surface area contributed by atoms with E-state index in [1.54, 1.807) is 12.1 Å². The maximum atomic E-state index is 12.4. The van der Waals surface area contributed by atoms with Gasteiger partial charge in [0.25, 0.3) is 5.91 Å². The van der Waals surface area contributed by atoms with E-state index in [2.05, 4.69) is 11.4 Å². The molecule has 1 N–H and O–H groups in total. The minimum absolute atomic E-state index is 0.107. The number of amides is 1. The Bertz CT molecular complexity index is 884. The van der Waals surface area contributed by atoms with E-state index in [1.165, 1.54) is 11.3 Å². The van der Waals surface area contributed by atoms with Crippen LogP contribution in [0.4, 0.5) is 5.69 Å². The van der Waals surface area contributed by atoms with Gasteiger partial charge in [-0.3, -0.25) is 4.79 Å². The van der Waals surface area contributed by atoms with Gasteiger partial charge in [0.15, 0.2) is 0 Å². The standard InChI is InChI=1S/C20H18ClNO2S/c1-13-6-14(2)8-17(7-13)22-20(23)19-9-15(12-25-19)11-24-18-5-3-4-16(21)10-18/h3-10,12H,11H2,1-2H3,(H,22,23). The Labute approximate surface area is 156 Å². The van der Waals surface area contributed by atoms with E-state index in [-0.39, 0.29) is 5.91 Å². The highest BCUT2D eigenvalue weighted by Gasteiger charge is 2.10. The maximum absolute atomic E-state index is 12.4. The van der Waals surface area contributed by atoms with Crippen LogP contribution in [0.2, 0.25) is 5.02 Å². The van der Waals surface area contributed by atoms with Crippen LogP contribution in [0.15, 0.2) is 53.9 Å². The molecular formula is C20H18ClNO2S. The maximum Gasteiger partial charge on any atom is 0.265 e. The van der Waals surface area contributed by atoms with Crippen molar-refractivity contribution in [2.24, 2.45) is 0 Å². The summed E-state index contributed by atoms with van der Waals surface area (Å²) in [5.74, 6) is 0.601. The minimum Gasteiger partial charge on any atom is -0.489 e. The molecule has 0 fully saturated rings. The number of benzene rings is 2. The Morgan fingerprint density at radius 1 is 1.12 bits per heavy atom. The molecule has 0 aliphatic heterocycles. The molecule has 0 atom stereocenters. The number of rotatable bonds is 5. The topological polar surface area (TPSA) is 38.3 Å². The monoisotopic (exact) mass is 371 g/mol. The lowest BCUT2D eigenvalue weighted by Gasteiger charge is -2.06. The van der Waals surface area contributed by atoms with Crippen LogP contribution in [0.5, 0.6) is 5.75 Å². The summed E-state index contributed by atoms with van der Waals surface area (Å²) >= 11 is 7.35. The van der Waals surface area contributed by atoms with Crippen LogP contribution in [0.3, 0.4) is 0 Å². The van der Waals surface area contributed by atoms with Gasteiger partial charge in [0.1, 0.15) is 12.4 Å². The highest BCUT2D eigenvalue weighted by Crippen LogP contribution is 2.22. The van der Waals surface area contributed by atoms with Crippen molar-refractivity contribution < 1.29 is 9.53 Å². The van der Waals surface area contributed by atoms with Crippen molar-refractivity contribution in [3.63, 3.8) is 0 Å². The second kappa shape index (κ2) is 7.72. The van der Waals surface area contributed by atoms with Gasteiger partial charge in [-0.1, -0.05) is 23.7 Å². The fraction of sp³-hybridized carbons (Fsp3) is 0.150. The number of aryl methyl sites for hydroxylation is 2. The van der Waals surface area contributed by atoms with Crippen LogP contribution in [-0.4, -0.2) is 5.91 Å². The Morgan fingerprint density at radius 3 is 2.60 bits per heavy atom. The fourth-order valence-electron chi connectivity index (χ4n) is 2.53. The molecule has 0 aliphatic carbocycles. The summed E-state index contributed by atoms with van der Waals surface area (Å²) in [7, 11) is 0. The van der Waals surface area contributed by atoms with Gasteiger partial charge in [-0.15, -0.1) is 11.3 Å². The predicted octanol–water partition coefficient (Wildman–Crippen LogP) is 5.85. The van der Waals surface area contributed by atoms with Crippen LogP contribution in [0, 0.1) is 13.8 Å². The van der Waals surface area contributed by atoms with Gasteiger partial charge < -0.3 is 10.1 Å². The van der Waals surface area contributed by atoms with Crippen molar-refractivity contribution in [2.45, 2.75) is 20.5 Å². The quantitative estimate of drug-likeness (QED) is 0.610. The van der Waals surface area contributed by atoms with Gasteiger partial charge >= 0.3 is 0 Å². The highest BCUT2D eigenvalue weighted by atomic mass is 35.5. The Morgan fingerprint density at radius 2 is 1.88 bits per heavy atom. The smallest absolute Gasteiger partial charge is 0.265 e. The summed E-state index contributed by atoms with van der Waals surface area (Å²) in [6, 6.07) is 15.1. The Hall–Kier alpha value is -2.30. The number of hydrogen-bond acceptors (Lipinski definition) is 3. The molecule has 0 bridgehead atoms. The molecule has 128 valence electrons. The second-order valence-corrected chi connectivity index (χ2v) is 7.24. The van der Waals surface area contributed by atoms with E-state index in [9.17, 15) is 4.79 Å². The summed E-state index contributed by atoms with van der Waals surface area (Å²) in [5.41, 5.74) is 4.01.